The molecule has 4 nitrogen and oxygen atoms in total. The first-order valence-electron chi connectivity index (χ1n) is 6.84. The second kappa shape index (κ2) is 6.41. The van der Waals surface area contributed by atoms with Gasteiger partial charge in [-0.25, -0.2) is 4.98 Å². The van der Waals surface area contributed by atoms with E-state index in [9.17, 15) is 0 Å². The van der Waals surface area contributed by atoms with Crippen LogP contribution in [0.2, 0.25) is 5.02 Å². The molecule has 2 aromatic rings. The van der Waals surface area contributed by atoms with E-state index in [4.69, 9.17) is 16.3 Å². The van der Waals surface area contributed by atoms with Crippen molar-refractivity contribution in [3.63, 3.8) is 0 Å². The molecule has 2 rings (SSSR count). The molecular weight excluding hydrogens is 286 g/mol. The summed E-state index contributed by atoms with van der Waals surface area (Å²) in [7, 11) is 0. The third-order valence-electron chi connectivity index (χ3n) is 2.85. The van der Waals surface area contributed by atoms with Crippen LogP contribution in [0.1, 0.15) is 32.0 Å². The molecule has 0 fully saturated rings. The van der Waals surface area contributed by atoms with Crippen LogP contribution in [0.15, 0.2) is 30.6 Å². The Hall–Kier alpha value is -1.65. The molecule has 5 heteroatoms. The predicted molar refractivity (Wildman–Crippen MR) is 84.9 cm³/mol. The van der Waals surface area contributed by atoms with E-state index in [1.807, 2.05) is 25.1 Å². The van der Waals surface area contributed by atoms with E-state index >= 15 is 0 Å². The smallest absolute Gasteiger partial charge is 0.238 e. The van der Waals surface area contributed by atoms with E-state index in [-0.39, 0.29) is 5.54 Å². The second-order valence-corrected chi connectivity index (χ2v) is 6.33. The number of nitrogens with one attached hydrogen (secondary N) is 1. The standard InChI is InChI=1S/C16H20ClN3O/c1-11-14(6-5-7-18-11)21-15-13(17)8-12(9-19-15)10-20-16(2,3)4/h5-9,20H,10H2,1-4H3. The lowest BCUT2D eigenvalue weighted by Gasteiger charge is -2.20. The Morgan fingerprint density at radius 3 is 2.67 bits per heavy atom. The Bertz CT molecular complexity index is 623. The van der Waals surface area contributed by atoms with Gasteiger partial charge in [0.2, 0.25) is 5.88 Å². The molecule has 1 N–H and O–H groups in total. The van der Waals surface area contributed by atoms with Gasteiger partial charge in [0, 0.05) is 24.5 Å². The SMILES string of the molecule is Cc1ncccc1Oc1ncc(CNC(C)(C)C)cc1Cl. The average Bonchev–Trinajstić information content (AvgIpc) is 2.41. The van der Waals surface area contributed by atoms with E-state index in [0.717, 1.165) is 11.3 Å². The van der Waals surface area contributed by atoms with Gasteiger partial charge in [-0.3, -0.25) is 4.98 Å². The first kappa shape index (κ1) is 15.7. The van der Waals surface area contributed by atoms with E-state index in [1.165, 1.54) is 0 Å². The van der Waals surface area contributed by atoms with Crippen LogP contribution >= 0.6 is 11.6 Å². The van der Waals surface area contributed by atoms with Gasteiger partial charge in [-0.15, -0.1) is 0 Å². The highest BCUT2D eigenvalue weighted by Crippen LogP contribution is 2.28. The van der Waals surface area contributed by atoms with Crippen molar-refractivity contribution in [2.75, 3.05) is 0 Å². The van der Waals surface area contributed by atoms with Gasteiger partial charge >= 0.3 is 0 Å². The Morgan fingerprint density at radius 1 is 1.29 bits per heavy atom. The first-order valence-corrected chi connectivity index (χ1v) is 7.22. The average molecular weight is 306 g/mol. The van der Waals surface area contributed by atoms with Crippen LogP contribution in [-0.4, -0.2) is 15.5 Å². The van der Waals surface area contributed by atoms with E-state index in [1.54, 1.807) is 12.4 Å². The van der Waals surface area contributed by atoms with Crippen LogP contribution in [0.4, 0.5) is 0 Å². The van der Waals surface area contributed by atoms with Crippen LogP contribution in [0.3, 0.4) is 0 Å². The molecule has 0 amide bonds. The number of aromatic nitrogens is 2. The van der Waals surface area contributed by atoms with Crippen molar-refractivity contribution in [3.8, 4) is 11.6 Å². The summed E-state index contributed by atoms with van der Waals surface area (Å²) in [5.41, 5.74) is 1.87. The molecule has 2 heterocycles. The molecule has 0 bridgehead atoms. The molecule has 0 saturated heterocycles. The van der Waals surface area contributed by atoms with Crippen molar-refractivity contribution in [2.45, 2.75) is 39.8 Å². The van der Waals surface area contributed by atoms with E-state index < -0.39 is 0 Å². The molecule has 0 atom stereocenters. The lowest BCUT2D eigenvalue weighted by Crippen LogP contribution is -2.35. The maximum absolute atomic E-state index is 6.25. The Morgan fingerprint density at radius 2 is 2.05 bits per heavy atom. The normalized spacial score (nSPS) is 11.5. The molecule has 112 valence electrons. The molecule has 0 aliphatic carbocycles. The zero-order valence-electron chi connectivity index (χ0n) is 12.8. The van der Waals surface area contributed by atoms with Crippen molar-refractivity contribution >= 4 is 11.6 Å². The van der Waals surface area contributed by atoms with Crippen molar-refractivity contribution < 1.29 is 4.74 Å². The van der Waals surface area contributed by atoms with Gasteiger partial charge in [0.1, 0.15) is 5.02 Å². The highest BCUT2D eigenvalue weighted by molar-refractivity contribution is 6.31. The Kier molecular flexibility index (Phi) is 4.80. The molecule has 0 unspecified atom stereocenters. The fourth-order valence-electron chi connectivity index (χ4n) is 1.69. The van der Waals surface area contributed by atoms with Gasteiger partial charge in [0.25, 0.3) is 0 Å². The lowest BCUT2D eigenvalue weighted by molar-refractivity contribution is 0.422. The number of nitrogens with zero attached hydrogens (tertiary/aromatic N) is 2. The number of halogens is 1. The fraction of sp³-hybridized carbons (Fsp3) is 0.375. The minimum Gasteiger partial charge on any atom is -0.436 e. The number of pyridine rings is 2. The maximum Gasteiger partial charge on any atom is 0.238 e. The topological polar surface area (TPSA) is 47.0 Å². The summed E-state index contributed by atoms with van der Waals surface area (Å²) in [5.74, 6) is 1.06. The third kappa shape index (κ3) is 4.69. The zero-order chi connectivity index (χ0) is 15.5. The second-order valence-electron chi connectivity index (χ2n) is 5.92. The van der Waals surface area contributed by atoms with Gasteiger partial charge in [-0.1, -0.05) is 11.6 Å². The van der Waals surface area contributed by atoms with Crippen molar-refractivity contribution in [1.29, 1.82) is 0 Å². The van der Waals surface area contributed by atoms with Gasteiger partial charge in [-0.05, 0) is 51.5 Å². The molecule has 0 spiro atoms. The van der Waals surface area contributed by atoms with Crippen LogP contribution in [0, 0.1) is 6.92 Å². The third-order valence-corrected chi connectivity index (χ3v) is 3.12. The van der Waals surface area contributed by atoms with Gasteiger partial charge < -0.3 is 10.1 Å². The molecule has 0 radical (unpaired) electrons. The highest BCUT2D eigenvalue weighted by Gasteiger charge is 2.11. The highest BCUT2D eigenvalue weighted by atomic mass is 35.5. The first-order chi connectivity index (χ1) is 9.85. The summed E-state index contributed by atoms with van der Waals surface area (Å²) in [6.45, 7) is 8.94. The monoisotopic (exact) mass is 305 g/mol. The molecule has 21 heavy (non-hydrogen) atoms. The number of hydrogen-bond donors (Lipinski definition) is 1. The molecule has 0 aromatic carbocycles. The minimum atomic E-state index is 0.0501. The van der Waals surface area contributed by atoms with Crippen LogP contribution in [-0.2, 0) is 6.54 Å². The summed E-state index contributed by atoms with van der Waals surface area (Å²) in [4.78, 5) is 8.47. The van der Waals surface area contributed by atoms with Gasteiger partial charge in [0.15, 0.2) is 5.75 Å². The largest absolute Gasteiger partial charge is 0.436 e. The zero-order valence-corrected chi connectivity index (χ0v) is 13.5. The van der Waals surface area contributed by atoms with Crippen molar-refractivity contribution in [3.05, 3.63) is 46.9 Å². The summed E-state index contributed by atoms with van der Waals surface area (Å²) in [6, 6.07) is 5.53. The number of aryl methyl sites for hydroxylation is 1. The fourth-order valence-corrected chi connectivity index (χ4v) is 1.91. The number of rotatable bonds is 4. The maximum atomic E-state index is 6.25. The summed E-state index contributed by atoms with van der Waals surface area (Å²) >= 11 is 6.25. The van der Waals surface area contributed by atoms with Gasteiger partial charge in [-0.2, -0.15) is 0 Å². The molecule has 0 aliphatic rings. The van der Waals surface area contributed by atoms with E-state index in [2.05, 4.69) is 36.1 Å². The summed E-state index contributed by atoms with van der Waals surface area (Å²) < 4.78 is 5.71. The Balaban J connectivity index is 2.11. The van der Waals surface area contributed by atoms with Crippen LogP contribution < -0.4 is 10.1 Å². The molecular formula is C16H20ClN3O. The van der Waals surface area contributed by atoms with Crippen molar-refractivity contribution in [1.82, 2.24) is 15.3 Å². The Labute approximate surface area is 130 Å². The van der Waals surface area contributed by atoms with Crippen LogP contribution in [0.25, 0.3) is 0 Å². The molecule has 2 aromatic heterocycles. The van der Waals surface area contributed by atoms with Crippen LogP contribution in [0.5, 0.6) is 11.6 Å². The van der Waals surface area contributed by atoms with Crippen molar-refractivity contribution in [2.24, 2.45) is 0 Å². The number of ether oxygens (including phenoxy) is 1. The quantitative estimate of drug-likeness (QED) is 0.923. The summed E-state index contributed by atoms with van der Waals surface area (Å²) in [6.07, 6.45) is 3.49. The molecule has 0 saturated carbocycles. The van der Waals surface area contributed by atoms with Gasteiger partial charge in [0.05, 0.1) is 5.69 Å². The molecule has 0 aliphatic heterocycles. The van der Waals surface area contributed by atoms with E-state index in [0.29, 0.717) is 23.2 Å². The predicted octanol–water partition coefficient (Wildman–Crippen LogP) is 4.12. The lowest BCUT2D eigenvalue weighted by atomic mass is 10.1. The number of hydrogen-bond acceptors (Lipinski definition) is 4. The minimum absolute atomic E-state index is 0.0501. The summed E-state index contributed by atoms with van der Waals surface area (Å²) in [5, 5.41) is 3.89.